The second-order valence-corrected chi connectivity index (χ2v) is 5.11. The third kappa shape index (κ3) is 2.23. The molecule has 21 heavy (non-hydrogen) atoms. The summed E-state index contributed by atoms with van der Waals surface area (Å²) in [7, 11) is 0. The van der Waals surface area contributed by atoms with Gasteiger partial charge in [0.05, 0.1) is 0 Å². The van der Waals surface area contributed by atoms with Crippen LogP contribution in [0.5, 0.6) is 11.5 Å². The van der Waals surface area contributed by atoms with Gasteiger partial charge < -0.3 is 19.8 Å². The molecule has 0 atom stereocenters. The minimum atomic E-state index is 0.314. The van der Waals surface area contributed by atoms with E-state index < -0.39 is 0 Å². The van der Waals surface area contributed by atoms with E-state index in [1.807, 2.05) is 18.3 Å². The predicted octanol–water partition coefficient (Wildman–Crippen LogP) is 3.19. The summed E-state index contributed by atoms with van der Waals surface area (Å²) >= 11 is 0. The molecule has 106 valence electrons. The van der Waals surface area contributed by atoms with Crippen LogP contribution in [0, 0.1) is 0 Å². The van der Waals surface area contributed by atoms with E-state index in [2.05, 4.69) is 40.6 Å². The Bertz CT molecular complexity index is 779. The summed E-state index contributed by atoms with van der Waals surface area (Å²) in [5.41, 5.74) is 3.59. The standard InChI is InChI=1S/C17H16N2O2/c1-3-12(14-7-8-19-15(14)5-1)9-18-10-13-4-2-6-16-17(13)21-11-20-16/h1-8,18-19H,9-11H2. The summed E-state index contributed by atoms with van der Waals surface area (Å²) in [5.74, 6) is 1.70. The smallest absolute Gasteiger partial charge is 0.231 e. The molecule has 4 nitrogen and oxygen atoms in total. The van der Waals surface area contributed by atoms with Crippen LogP contribution in [-0.2, 0) is 13.1 Å². The summed E-state index contributed by atoms with van der Waals surface area (Å²) in [6.45, 7) is 1.89. The monoisotopic (exact) mass is 280 g/mol. The van der Waals surface area contributed by atoms with Gasteiger partial charge in [0.1, 0.15) is 0 Å². The zero-order valence-electron chi connectivity index (χ0n) is 11.6. The first-order chi connectivity index (χ1) is 10.4. The van der Waals surface area contributed by atoms with Gasteiger partial charge in [-0.15, -0.1) is 0 Å². The number of H-pyrrole nitrogens is 1. The summed E-state index contributed by atoms with van der Waals surface area (Å²) in [6.07, 6.45) is 1.98. The molecule has 4 heteroatoms. The number of aromatic amines is 1. The lowest BCUT2D eigenvalue weighted by atomic mass is 10.1. The van der Waals surface area contributed by atoms with Gasteiger partial charge >= 0.3 is 0 Å². The number of hydrogen-bond donors (Lipinski definition) is 2. The number of benzene rings is 2. The molecule has 2 N–H and O–H groups in total. The molecule has 3 aromatic rings. The summed E-state index contributed by atoms with van der Waals surface area (Å²) in [5, 5.41) is 4.75. The van der Waals surface area contributed by atoms with Crippen LogP contribution in [0.3, 0.4) is 0 Å². The average molecular weight is 280 g/mol. The topological polar surface area (TPSA) is 46.3 Å². The van der Waals surface area contributed by atoms with Gasteiger partial charge in [-0.05, 0) is 23.8 Å². The van der Waals surface area contributed by atoms with Crippen molar-refractivity contribution in [3.05, 3.63) is 59.8 Å². The van der Waals surface area contributed by atoms with Gasteiger partial charge in [-0.2, -0.15) is 0 Å². The minimum absolute atomic E-state index is 0.314. The Morgan fingerprint density at radius 2 is 1.81 bits per heavy atom. The van der Waals surface area contributed by atoms with Gasteiger partial charge in [0.2, 0.25) is 6.79 Å². The normalized spacial score (nSPS) is 13.0. The van der Waals surface area contributed by atoms with Crippen LogP contribution in [0.1, 0.15) is 11.1 Å². The number of para-hydroxylation sites is 1. The molecule has 2 aromatic carbocycles. The molecule has 0 saturated heterocycles. The van der Waals surface area contributed by atoms with Gasteiger partial charge in [-0.25, -0.2) is 0 Å². The van der Waals surface area contributed by atoms with Crippen LogP contribution in [0.2, 0.25) is 0 Å². The summed E-state index contributed by atoms with van der Waals surface area (Å²) < 4.78 is 10.9. The van der Waals surface area contributed by atoms with Gasteiger partial charge in [-0.3, -0.25) is 0 Å². The fourth-order valence-electron chi connectivity index (χ4n) is 2.77. The molecule has 2 heterocycles. The Labute approximate surface area is 122 Å². The van der Waals surface area contributed by atoms with Crippen molar-refractivity contribution in [2.24, 2.45) is 0 Å². The Morgan fingerprint density at radius 3 is 2.81 bits per heavy atom. The highest BCUT2D eigenvalue weighted by atomic mass is 16.7. The van der Waals surface area contributed by atoms with Crippen molar-refractivity contribution in [3.8, 4) is 11.5 Å². The molecule has 0 radical (unpaired) electrons. The van der Waals surface area contributed by atoms with Crippen LogP contribution < -0.4 is 14.8 Å². The highest BCUT2D eigenvalue weighted by molar-refractivity contribution is 5.82. The highest BCUT2D eigenvalue weighted by Crippen LogP contribution is 2.35. The predicted molar refractivity (Wildman–Crippen MR) is 81.4 cm³/mol. The average Bonchev–Trinajstić information content (AvgIpc) is 3.16. The fourth-order valence-corrected chi connectivity index (χ4v) is 2.77. The molecule has 0 amide bonds. The quantitative estimate of drug-likeness (QED) is 0.771. The lowest BCUT2D eigenvalue weighted by molar-refractivity contribution is 0.173. The van der Waals surface area contributed by atoms with E-state index in [1.54, 1.807) is 0 Å². The second-order valence-electron chi connectivity index (χ2n) is 5.11. The molecule has 1 aliphatic heterocycles. The van der Waals surface area contributed by atoms with E-state index in [0.717, 1.165) is 30.2 Å². The zero-order valence-corrected chi connectivity index (χ0v) is 11.6. The molecule has 0 spiro atoms. The summed E-state index contributed by atoms with van der Waals surface area (Å²) in [4.78, 5) is 3.24. The molecular formula is C17H16N2O2. The molecular weight excluding hydrogens is 264 g/mol. The molecule has 0 saturated carbocycles. The van der Waals surface area contributed by atoms with Crippen LogP contribution in [-0.4, -0.2) is 11.8 Å². The number of ether oxygens (including phenoxy) is 2. The first kappa shape index (κ1) is 12.3. The second kappa shape index (κ2) is 5.14. The number of aromatic nitrogens is 1. The van der Waals surface area contributed by atoms with Gasteiger partial charge in [0.25, 0.3) is 0 Å². The summed E-state index contributed by atoms with van der Waals surface area (Å²) in [6, 6.07) is 14.4. The molecule has 4 rings (SSSR count). The highest BCUT2D eigenvalue weighted by Gasteiger charge is 2.16. The van der Waals surface area contributed by atoms with Gasteiger partial charge in [0.15, 0.2) is 11.5 Å². The lowest BCUT2D eigenvalue weighted by Crippen LogP contribution is -2.13. The van der Waals surface area contributed by atoms with Crippen LogP contribution >= 0.6 is 0 Å². The Kier molecular flexibility index (Phi) is 3.01. The third-order valence-corrected chi connectivity index (χ3v) is 3.79. The van der Waals surface area contributed by atoms with E-state index >= 15 is 0 Å². The molecule has 1 aromatic heterocycles. The van der Waals surface area contributed by atoms with Gasteiger partial charge in [-0.1, -0.05) is 24.3 Å². The van der Waals surface area contributed by atoms with Crippen molar-refractivity contribution >= 4 is 10.9 Å². The van der Waals surface area contributed by atoms with E-state index in [-0.39, 0.29) is 0 Å². The molecule has 0 unspecified atom stereocenters. The maximum absolute atomic E-state index is 5.52. The Morgan fingerprint density at radius 1 is 0.952 bits per heavy atom. The van der Waals surface area contributed by atoms with Crippen molar-refractivity contribution in [2.45, 2.75) is 13.1 Å². The van der Waals surface area contributed by atoms with E-state index in [0.29, 0.717) is 6.79 Å². The maximum atomic E-state index is 5.52. The fraction of sp³-hybridized carbons (Fsp3) is 0.176. The van der Waals surface area contributed by atoms with Crippen LogP contribution in [0.25, 0.3) is 10.9 Å². The van der Waals surface area contributed by atoms with Crippen molar-refractivity contribution in [2.75, 3.05) is 6.79 Å². The number of hydrogen-bond acceptors (Lipinski definition) is 3. The minimum Gasteiger partial charge on any atom is -0.454 e. The van der Waals surface area contributed by atoms with E-state index in [1.165, 1.54) is 16.5 Å². The van der Waals surface area contributed by atoms with Crippen molar-refractivity contribution in [3.63, 3.8) is 0 Å². The van der Waals surface area contributed by atoms with E-state index in [4.69, 9.17) is 9.47 Å². The number of nitrogens with one attached hydrogen (secondary N) is 2. The van der Waals surface area contributed by atoms with Crippen LogP contribution in [0.15, 0.2) is 48.7 Å². The van der Waals surface area contributed by atoms with Crippen molar-refractivity contribution in [1.29, 1.82) is 0 Å². The van der Waals surface area contributed by atoms with Gasteiger partial charge in [0, 0.05) is 35.8 Å². The third-order valence-electron chi connectivity index (χ3n) is 3.79. The largest absolute Gasteiger partial charge is 0.454 e. The first-order valence-electron chi connectivity index (χ1n) is 7.05. The van der Waals surface area contributed by atoms with Crippen molar-refractivity contribution < 1.29 is 9.47 Å². The van der Waals surface area contributed by atoms with E-state index in [9.17, 15) is 0 Å². The van der Waals surface area contributed by atoms with Crippen molar-refractivity contribution in [1.82, 2.24) is 10.3 Å². The molecule has 1 aliphatic rings. The number of rotatable bonds is 4. The SMILES string of the molecule is c1cc(CNCc2cccc3[nH]ccc23)c2c(c1)OCO2. The first-order valence-corrected chi connectivity index (χ1v) is 7.05. The number of fused-ring (bicyclic) bond motifs is 2. The molecule has 0 aliphatic carbocycles. The van der Waals surface area contributed by atoms with Crippen LogP contribution in [0.4, 0.5) is 0 Å². The Balaban J connectivity index is 1.49. The lowest BCUT2D eigenvalue weighted by Gasteiger charge is -2.08. The molecule has 0 bridgehead atoms. The molecule has 0 fully saturated rings. The zero-order chi connectivity index (χ0) is 14.1. The Hall–Kier alpha value is -2.46. The maximum Gasteiger partial charge on any atom is 0.231 e.